The lowest BCUT2D eigenvalue weighted by Gasteiger charge is -2.08. The summed E-state index contributed by atoms with van der Waals surface area (Å²) in [4.78, 5) is 16.2. The molecule has 0 saturated heterocycles. The highest BCUT2D eigenvalue weighted by Crippen LogP contribution is 2.04. The Hall–Kier alpha value is -2.10. The summed E-state index contributed by atoms with van der Waals surface area (Å²) in [6.07, 6.45) is 5.65. The molecule has 1 heterocycles. The van der Waals surface area contributed by atoms with Gasteiger partial charge >= 0.3 is 0 Å². The minimum Gasteiger partial charge on any atom is -0.352 e. The molecule has 20 heavy (non-hydrogen) atoms. The first kappa shape index (κ1) is 14.3. The van der Waals surface area contributed by atoms with Crippen LogP contribution in [0, 0.1) is 6.92 Å². The Kier molecular flexibility index (Phi) is 4.93. The summed E-state index contributed by atoms with van der Waals surface area (Å²) < 4.78 is 2.14. The number of rotatable bonds is 6. The van der Waals surface area contributed by atoms with Crippen LogP contribution in [0.4, 0.5) is 0 Å². The molecule has 1 aromatic carbocycles. The van der Waals surface area contributed by atoms with Crippen LogP contribution in [0.3, 0.4) is 0 Å². The molecule has 0 saturated carbocycles. The van der Waals surface area contributed by atoms with E-state index in [1.54, 1.807) is 0 Å². The SMILES string of the molecule is CCc1nccn1CCCNC(=O)c1cccc(C)c1. The number of aromatic nitrogens is 2. The second-order valence-electron chi connectivity index (χ2n) is 4.87. The van der Waals surface area contributed by atoms with Crippen molar-refractivity contribution in [1.29, 1.82) is 0 Å². The number of benzene rings is 1. The van der Waals surface area contributed by atoms with Gasteiger partial charge in [0.1, 0.15) is 5.82 Å². The Labute approximate surface area is 119 Å². The molecule has 0 bridgehead atoms. The minimum atomic E-state index is -0.00459. The van der Waals surface area contributed by atoms with Crippen molar-refractivity contribution in [1.82, 2.24) is 14.9 Å². The molecule has 0 fully saturated rings. The molecule has 0 aliphatic heterocycles. The van der Waals surface area contributed by atoms with Crippen LogP contribution in [0.25, 0.3) is 0 Å². The van der Waals surface area contributed by atoms with E-state index in [2.05, 4.69) is 21.8 Å². The van der Waals surface area contributed by atoms with Crippen molar-refractivity contribution in [2.45, 2.75) is 33.2 Å². The van der Waals surface area contributed by atoms with Crippen molar-refractivity contribution in [3.8, 4) is 0 Å². The summed E-state index contributed by atoms with van der Waals surface area (Å²) in [5, 5.41) is 2.95. The highest BCUT2D eigenvalue weighted by molar-refractivity contribution is 5.94. The fourth-order valence-electron chi connectivity index (χ4n) is 2.20. The molecule has 0 spiro atoms. The zero-order valence-corrected chi connectivity index (χ0v) is 12.1. The number of hydrogen-bond donors (Lipinski definition) is 1. The quantitative estimate of drug-likeness (QED) is 0.821. The highest BCUT2D eigenvalue weighted by Gasteiger charge is 2.05. The predicted octanol–water partition coefficient (Wildman–Crippen LogP) is 2.57. The third-order valence-corrected chi connectivity index (χ3v) is 3.26. The number of carbonyl (C=O) groups excluding carboxylic acids is 1. The Morgan fingerprint density at radius 1 is 1.40 bits per heavy atom. The van der Waals surface area contributed by atoms with E-state index in [9.17, 15) is 4.79 Å². The molecular weight excluding hydrogens is 250 g/mol. The molecule has 1 N–H and O–H groups in total. The van der Waals surface area contributed by atoms with E-state index in [4.69, 9.17) is 0 Å². The number of nitrogens with one attached hydrogen (secondary N) is 1. The van der Waals surface area contributed by atoms with Crippen LogP contribution < -0.4 is 5.32 Å². The average molecular weight is 271 g/mol. The first-order valence-electron chi connectivity index (χ1n) is 7.05. The third kappa shape index (κ3) is 3.70. The maximum absolute atomic E-state index is 12.0. The molecule has 2 aromatic rings. The van der Waals surface area contributed by atoms with Crippen molar-refractivity contribution in [3.63, 3.8) is 0 Å². The topological polar surface area (TPSA) is 46.9 Å². The van der Waals surface area contributed by atoms with E-state index in [0.717, 1.165) is 36.3 Å². The Balaban J connectivity index is 1.77. The number of carbonyl (C=O) groups is 1. The predicted molar refractivity (Wildman–Crippen MR) is 79.7 cm³/mol. The van der Waals surface area contributed by atoms with Crippen LogP contribution in [0.2, 0.25) is 0 Å². The number of aryl methyl sites for hydroxylation is 3. The average Bonchev–Trinajstić information content (AvgIpc) is 2.90. The van der Waals surface area contributed by atoms with E-state index in [0.29, 0.717) is 6.54 Å². The van der Waals surface area contributed by atoms with E-state index < -0.39 is 0 Å². The number of hydrogen-bond acceptors (Lipinski definition) is 2. The van der Waals surface area contributed by atoms with E-state index in [1.807, 2.05) is 43.6 Å². The molecule has 2 rings (SSSR count). The molecule has 1 aromatic heterocycles. The van der Waals surface area contributed by atoms with E-state index in [-0.39, 0.29) is 5.91 Å². The van der Waals surface area contributed by atoms with Gasteiger partial charge in [-0.05, 0) is 25.5 Å². The minimum absolute atomic E-state index is 0.00459. The zero-order valence-electron chi connectivity index (χ0n) is 12.1. The largest absolute Gasteiger partial charge is 0.352 e. The van der Waals surface area contributed by atoms with Gasteiger partial charge in [-0.2, -0.15) is 0 Å². The molecule has 4 heteroatoms. The molecule has 0 unspecified atom stereocenters. The first-order valence-corrected chi connectivity index (χ1v) is 7.05. The molecular formula is C16H21N3O. The van der Waals surface area contributed by atoms with Crippen LogP contribution in [-0.2, 0) is 13.0 Å². The summed E-state index contributed by atoms with van der Waals surface area (Å²) in [7, 11) is 0. The van der Waals surface area contributed by atoms with Crippen molar-refractivity contribution in [3.05, 3.63) is 53.6 Å². The Bertz CT molecular complexity index is 575. The number of nitrogens with zero attached hydrogens (tertiary/aromatic N) is 2. The second kappa shape index (κ2) is 6.89. The summed E-state index contributed by atoms with van der Waals surface area (Å²) in [5.74, 6) is 1.09. The van der Waals surface area contributed by atoms with Gasteiger partial charge in [0.25, 0.3) is 5.91 Å². The summed E-state index contributed by atoms with van der Waals surface area (Å²) in [6, 6.07) is 7.64. The van der Waals surface area contributed by atoms with Crippen LogP contribution >= 0.6 is 0 Å². The van der Waals surface area contributed by atoms with Crippen LogP contribution in [-0.4, -0.2) is 22.0 Å². The Morgan fingerprint density at radius 3 is 3.00 bits per heavy atom. The maximum atomic E-state index is 12.0. The standard InChI is InChI=1S/C16H21N3O/c1-3-15-17-9-11-19(15)10-5-8-18-16(20)14-7-4-6-13(2)12-14/h4,6-7,9,11-12H,3,5,8,10H2,1-2H3,(H,18,20). The van der Waals surface area contributed by atoms with Crippen LogP contribution in [0.1, 0.15) is 35.1 Å². The van der Waals surface area contributed by atoms with Gasteiger partial charge < -0.3 is 9.88 Å². The number of amides is 1. The molecule has 0 radical (unpaired) electrons. The van der Waals surface area contributed by atoms with Gasteiger partial charge in [0.2, 0.25) is 0 Å². The lowest BCUT2D eigenvalue weighted by molar-refractivity contribution is 0.0952. The first-order chi connectivity index (χ1) is 9.70. The van der Waals surface area contributed by atoms with Crippen LogP contribution in [0.5, 0.6) is 0 Å². The van der Waals surface area contributed by atoms with E-state index >= 15 is 0 Å². The monoisotopic (exact) mass is 271 g/mol. The molecule has 0 atom stereocenters. The summed E-state index contributed by atoms with van der Waals surface area (Å²) in [5.41, 5.74) is 1.82. The summed E-state index contributed by atoms with van der Waals surface area (Å²) in [6.45, 7) is 5.64. The fourth-order valence-corrected chi connectivity index (χ4v) is 2.20. The van der Waals surface area contributed by atoms with Gasteiger partial charge in [0.05, 0.1) is 0 Å². The van der Waals surface area contributed by atoms with Gasteiger partial charge in [-0.25, -0.2) is 4.98 Å². The van der Waals surface area contributed by atoms with Gasteiger partial charge in [-0.1, -0.05) is 24.6 Å². The van der Waals surface area contributed by atoms with E-state index in [1.165, 1.54) is 0 Å². The van der Waals surface area contributed by atoms with Crippen molar-refractivity contribution in [2.24, 2.45) is 0 Å². The van der Waals surface area contributed by atoms with Crippen molar-refractivity contribution >= 4 is 5.91 Å². The van der Waals surface area contributed by atoms with Crippen LogP contribution in [0.15, 0.2) is 36.7 Å². The van der Waals surface area contributed by atoms with Gasteiger partial charge in [0.15, 0.2) is 0 Å². The van der Waals surface area contributed by atoms with Gasteiger partial charge in [-0.3, -0.25) is 4.79 Å². The summed E-state index contributed by atoms with van der Waals surface area (Å²) >= 11 is 0. The van der Waals surface area contributed by atoms with Crippen molar-refractivity contribution in [2.75, 3.05) is 6.54 Å². The third-order valence-electron chi connectivity index (χ3n) is 3.26. The molecule has 0 aliphatic rings. The zero-order chi connectivity index (χ0) is 14.4. The molecule has 0 aliphatic carbocycles. The van der Waals surface area contributed by atoms with Gasteiger partial charge in [0, 0.05) is 37.5 Å². The Morgan fingerprint density at radius 2 is 2.25 bits per heavy atom. The molecule has 106 valence electrons. The maximum Gasteiger partial charge on any atom is 0.251 e. The number of imidazole rings is 1. The van der Waals surface area contributed by atoms with Crippen molar-refractivity contribution < 1.29 is 4.79 Å². The fraction of sp³-hybridized carbons (Fsp3) is 0.375. The molecule has 1 amide bonds. The highest BCUT2D eigenvalue weighted by atomic mass is 16.1. The molecule has 4 nitrogen and oxygen atoms in total. The normalized spacial score (nSPS) is 10.5. The lowest BCUT2D eigenvalue weighted by atomic mass is 10.1. The second-order valence-corrected chi connectivity index (χ2v) is 4.87. The lowest BCUT2D eigenvalue weighted by Crippen LogP contribution is -2.25. The van der Waals surface area contributed by atoms with Gasteiger partial charge in [-0.15, -0.1) is 0 Å². The smallest absolute Gasteiger partial charge is 0.251 e.